The number of sulfonamides is 1. The molecule has 2 aromatic carbocycles. The molecule has 0 spiro atoms. The largest absolute Gasteiger partial charge is 0.497 e. The number of likely N-dealkylation sites (N-methyl/N-ethyl adjacent to an activating group) is 1. The monoisotopic (exact) mass is 374 g/mol. The minimum atomic E-state index is -3.64. The fourth-order valence-electron chi connectivity index (χ4n) is 2.80. The average Bonchev–Trinajstić information content (AvgIpc) is 3.09. The first-order chi connectivity index (χ1) is 12.4. The standard InChI is InChI=1S/C18H22N4O3S/c1-22(2)18(13-5-4-6-15(9-13)25-3)12-20-26(23,24)16-8-7-14-11-19-21-17(14)10-16/h4-11,18,20H,12H2,1-3H3,(H,19,21)/t18-/m0/s1. The number of nitrogens with zero attached hydrogens (tertiary/aromatic N) is 2. The Morgan fingerprint density at radius 3 is 2.77 bits per heavy atom. The van der Waals surface area contributed by atoms with Crippen LogP contribution in [0.25, 0.3) is 10.9 Å². The Balaban J connectivity index is 1.81. The van der Waals surface area contributed by atoms with Crippen LogP contribution in [-0.2, 0) is 10.0 Å². The number of ether oxygens (including phenoxy) is 1. The third-order valence-corrected chi connectivity index (χ3v) is 5.71. The van der Waals surface area contributed by atoms with E-state index < -0.39 is 10.0 Å². The van der Waals surface area contributed by atoms with E-state index in [4.69, 9.17) is 4.74 Å². The third kappa shape index (κ3) is 3.87. The molecule has 0 saturated heterocycles. The second kappa shape index (κ2) is 7.45. The highest BCUT2D eigenvalue weighted by molar-refractivity contribution is 7.89. The number of rotatable bonds is 7. The lowest BCUT2D eigenvalue weighted by molar-refractivity contribution is 0.298. The van der Waals surface area contributed by atoms with Gasteiger partial charge in [0, 0.05) is 18.0 Å². The highest BCUT2D eigenvalue weighted by Gasteiger charge is 2.20. The highest BCUT2D eigenvalue weighted by Crippen LogP contribution is 2.23. The number of benzene rings is 2. The number of aromatic nitrogens is 2. The molecule has 2 N–H and O–H groups in total. The van der Waals surface area contributed by atoms with Gasteiger partial charge in [0.15, 0.2) is 0 Å². The van der Waals surface area contributed by atoms with Crippen LogP contribution in [0.1, 0.15) is 11.6 Å². The summed E-state index contributed by atoms with van der Waals surface area (Å²) in [7, 11) is 1.80. The average molecular weight is 374 g/mol. The lowest BCUT2D eigenvalue weighted by Gasteiger charge is -2.25. The number of hydrogen-bond donors (Lipinski definition) is 2. The summed E-state index contributed by atoms with van der Waals surface area (Å²) in [5, 5.41) is 7.58. The van der Waals surface area contributed by atoms with Crippen LogP contribution < -0.4 is 9.46 Å². The number of H-pyrrole nitrogens is 1. The van der Waals surface area contributed by atoms with Gasteiger partial charge in [0.05, 0.1) is 23.7 Å². The molecule has 0 amide bonds. The first kappa shape index (κ1) is 18.4. The summed E-state index contributed by atoms with van der Waals surface area (Å²) in [4.78, 5) is 2.17. The van der Waals surface area contributed by atoms with Crippen LogP contribution in [0, 0.1) is 0 Å². The van der Waals surface area contributed by atoms with Crippen LogP contribution in [0.4, 0.5) is 0 Å². The molecule has 3 rings (SSSR count). The van der Waals surface area contributed by atoms with Crippen molar-refractivity contribution < 1.29 is 13.2 Å². The van der Waals surface area contributed by atoms with Crippen molar-refractivity contribution in [2.45, 2.75) is 10.9 Å². The van der Waals surface area contributed by atoms with Crippen LogP contribution in [0.2, 0.25) is 0 Å². The van der Waals surface area contributed by atoms with Crippen molar-refractivity contribution in [1.82, 2.24) is 19.8 Å². The molecule has 138 valence electrons. The summed E-state index contributed by atoms with van der Waals surface area (Å²) in [6.45, 7) is 0.240. The minimum absolute atomic E-state index is 0.129. The van der Waals surface area contributed by atoms with Crippen molar-refractivity contribution in [2.24, 2.45) is 0 Å². The summed E-state index contributed by atoms with van der Waals surface area (Å²) < 4.78 is 33.4. The second-order valence-electron chi connectivity index (χ2n) is 6.23. The lowest BCUT2D eigenvalue weighted by Crippen LogP contribution is -2.34. The molecule has 0 saturated carbocycles. The van der Waals surface area contributed by atoms with Crippen molar-refractivity contribution in [3.63, 3.8) is 0 Å². The van der Waals surface area contributed by atoms with E-state index in [1.165, 1.54) is 0 Å². The van der Waals surface area contributed by atoms with Gasteiger partial charge in [-0.25, -0.2) is 13.1 Å². The Morgan fingerprint density at radius 1 is 1.23 bits per heavy atom. The molecule has 1 heterocycles. The molecule has 26 heavy (non-hydrogen) atoms. The molecule has 0 aliphatic carbocycles. The fourth-order valence-corrected chi connectivity index (χ4v) is 3.87. The van der Waals surface area contributed by atoms with E-state index in [9.17, 15) is 8.42 Å². The molecule has 0 aliphatic rings. The van der Waals surface area contributed by atoms with Crippen molar-refractivity contribution >= 4 is 20.9 Å². The van der Waals surface area contributed by atoms with Gasteiger partial charge in [-0.15, -0.1) is 0 Å². The summed E-state index contributed by atoms with van der Waals surface area (Å²) in [5.41, 5.74) is 1.66. The van der Waals surface area contributed by atoms with Gasteiger partial charge in [0.25, 0.3) is 0 Å². The molecule has 1 aromatic heterocycles. The Morgan fingerprint density at radius 2 is 2.04 bits per heavy atom. The number of hydrogen-bond acceptors (Lipinski definition) is 5. The molecule has 8 heteroatoms. The number of aromatic amines is 1. The molecule has 3 aromatic rings. The first-order valence-corrected chi connectivity index (χ1v) is 9.62. The summed E-state index contributed by atoms with van der Waals surface area (Å²) in [5.74, 6) is 0.738. The molecule has 1 atom stereocenters. The summed E-state index contributed by atoms with van der Waals surface area (Å²) in [6, 6.07) is 12.4. The molecule has 0 fully saturated rings. The Hall–Kier alpha value is -2.42. The normalized spacial score (nSPS) is 13.2. The predicted molar refractivity (Wildman–Crippen MR) is 101 cm³/mol. The topological polar surface area (TPSA) is 87.3 Å². The van der Waals surface area contributed by atoms with Gasteiger partial charge in [-0.3, -0.25) is 5.10 Å². The zero-order chi connectivity index (χ0) is 18.7. The SMILES string of the molecule is COc1cccc([C@H](CNS(=O)(=O)c2ccc3cn[nH]c3c2)N(C)C)c1. The van der Waals surface area contributed by atoms with Crippen LogP contribution in [0.5, 0.6) is 5.75 Å². The molecule has 0 bridgehead atoms. The van der Waals surface area contributed by atoms with Crippen molar-refractivity contribution in [2.75, 3.05) is 27.7 Å². The predicted octanol–water partition coefficient (Wildman–Crippen LogP) is 2.15. The van der Waals surface area contributed by atoms with Crippen LogP contribution in [-0.4, -0.2) is 51.3 Å². The van der Waals surface area contributed by atoms with Gasteiger partial charge in [0.2, 0.25) is 10.0 Å². The summed E-state index contributed by atoms with van der Waals surface area (Å²) >= 11 is 0. The summed E-state index contributed by atoms with van der Waals surface area (Å²) in [6.07, 6.45) is 1.66. The smallest absolute Gasteiger partial charge is 0.240 e. The number of nitrogens with one attached hydrogen (secondary N) is 2. The minimum Gasteiger partial charge on any atom is -0.497 e. The maximum Gasteiger partial charge on any atom is 0.240 e. The van der Waals surface area contributed by atoms with E-state index in [1.54, 1.807) is 31.5 Å². The zero-order valence-electron chi connectivity index (χ0n) is 14.9. The van der Waals surface area contributed by atoms with Gasteiger partial charge in [-0.2, -0.15) is 5.10 Å². The van der Waals surface area contributed by atoms with Crippen molar-refractivity contribution in [1.29, 1.82) is 0 Å². The maximum atomic E-state index is 12.7. The number of methoxy groups -OCH3 is 1. The molecule has 0 radical (unpaired) electrons. The number of fused-ring (bicyclic) bond motifs is 1. The Bertz CT molecular complexity index is 998. The van der Waals surface area contributed by atoms with Crippen LogP contribution in [0.15, 0.2) is 53.6 Å². The van der Waals surface area contributed by atoms with Gasteiger partial charge in [-0.1, -0.05) is 12.1 Å². The Kier molecular flexibility index (Phi) is 5.26. The van der Waals surface area contributed by atoms with Gasteiger partial charge < -0.3 is 9.64 Å². The van der Waals surface area contributed by atoms with E-state index in [-0.39, 0.29) is 17.5 Å². The zero-order valence-corrected chi connectivity index (χ0v) is 15.7. The molecular formula is C18H22N4O3S. The van der Waals surface area contributed by atoms with E-state index in [1.807, 2.05) is 43.3 Å². The van der Waals surface area contributed by atoms with E-state index in [0.29, 0.717) is 5.52 Å². The van der Waals surface area contributed by atoms with Crippen molar-refractivity contribution in [3.05, 3.63) is 54.2 Å². The van der Waals surface area contributed by atoms with E-state index in [0.717, 1.165) is 16.7 Å². The second-order valence-corrected chi connectivity index (χ2v) is 7.99. The lowest BCUT2D eigenvalue weighted by atomic mass is 10.1. The molecule has 0 unspecified atom stereocenters. The first-order valence-electron chi connectivity index (χ1n) is 8.14. The molecule has 7 nitrogen and oxygen atoms in total. The van der Waals surface area contributed by atoms with Crippen LogP contribution in [0.3, 0.4) is 0 Å². The quantitative estimate of drug-likeness (QED) is 0.662. The fraction of sp³-hybridized carbons (Fsp3) is 0.278. The van der Waals surface area contributed by atoms with Crippen molar-refractivity contribution in [3.8, 4) is 5.75 Å². The van der Waals surface area contributed by atoms with E-state index in [2.05, 4.69) is 14.9 Å². The molecular weight excluding hydrogens is 352 g/mol. The maximum absolute atomic E-state index is 12.7. The van der Waals surface area contributed by atoms with Gasteiger partial charge in [0.1, 0.15) is 5.75 Å². The van der Waals surface area contributed by atoms with Gasteiger partial charge >= 0.3 is 0 Å². The highest BCUT2D eigenvalue weighted by atomic mass is 32.2. The Labute approximate surface area is 153 Å². The third-order valence-electron chi connectivity index (χ3n) is 4.29. The van der Waals surface area contributed by atoms with Gasteiger partial charge in [-0.05, 0) is 50.0 Å². The van der Waals surface area contributed by atoms with E-state index >= 15 is 0 Å². The van der Waals surface area contributed by atoms with Crippen LogP contribution >= 0.6 is 0 Å². The molecule has 0 aliphatic heterocycles.